The molecule has 4 rings (SSSR count). The van der Waals surface area contributed by atoms with Crippen molar-refractivity contribution >= 4 is 17.2 Å². The molecule has 0 radical (unpaired) electrons. The van der Waals surface area contributed by atoms with E-state index in [0.717, 1.165) is 76.7 Å². The first kappa shape index (κ1) is 22.2. The van der Waals surface area contributed by atoms with Crippen LogP contribution >= 0.6 is 11.3 Å². The highest BCUT2D eigenvalue weighted by Gasteiger charge is 2.30. The first-order valence-corrected chi connectivity index (χ1v) is 12.0. The van der Waals surface area contributed by atoms with E-state index in [1.165, 1.54) is 5.56 Å². The van der Waals surface area contributed by atoms with Crippen LogP contribution in [0.5, 0.6) is 5.75 Å². The van der Waals surface area contributed by atoms with E-state index in [-0.39, 0.29) is 12.0 Å². The predicted molar refractivity (Wildman–Crippen MR) is 121 cm³/mol. The molecule has 1 aromatic carbocycles. The maximum Gasteiger partial charge on any atom is 0.251 e. The maximum absolute atomic E-state index is 12.5. The van der Waals surface area contributed by atoms with Gasteiger partial charge in [-0.2, -0.15) is 0 Å². The standard InChI is InChI=1S/C23H32N4O3S/c1-25(16-20-17-31-18-24-20)15-19-4-2-5-21(14-19)29-13-11-26-7-9-27(10-8-26)23(28)22-6-3-12-30-22/h2,4-5,14,17-18,22H,3,6-13,15-16H2,1H3/t22-/m1/s1. The number of nitrogens with zero attached hydrogens (tertiary/aromatic N) is 4. The van der Waals surface area contributed by atoms with E-state index >= 15 is 0 Å². The molecule has 2 fully saturated rings. The van der Waals surface area contributed by atoms with Crippen molar-refractivity contribution < 1.29 is 14.3 Å². The van der Waals surface area contributed by atoms with Crippen molar-refractivity contribution in [3.8, 4) is 5.75 Å². The summed E-state index contributed by atoms with van der Waals surface area (Å²) in [6, 6.07) is 8.32. The SMILES string of the molecule is CN(Cc1cccc(OCCN2CCN(C(=O)[C@H]3CCCO3)CC2)c1)Cc1cscn1. The van der Waals surface area contributed by atoms with Crippen LogP contribution in [-0.2, 0) is 22.6 Å². The molecule has 3 heterocycles. The van der Waals surface area contributed by atoms with Crippen LogP contribution in [0, 0.1) is 0 Å². The number of thiazole rings is 1. The van der Waals surface area contributed by atoms with Gasteiger partial charge in [0.05, 0.1) is 11.2 Å². The second-order valence-electron chi connectivity index (χ2n) is 8.32. The van der Waals surface area contributed by atoms with Crippen LogP contribution in [0.4, 0.5) is 0 Å². The van der Waals surface area contributed by atoms with Gasteiger partial charge in [-0.25, -0.2) is 4.98 Å². The second kappa shape index (κ2) is 11.0. The first-order chi connectivity index (χ1) is 15.2. The van der Waals surface area contributed by atoms with Gasteiger partial charge in [0.25, 0.3) is 5.91 Å². The molecule has 2 saturated heterocycles. The molecule has 0 spiro atoms. The highest BCUT2D eigenvalue weighted by molar-refractivity contribution is 7.07. The number of amides is 1. The molecule has 0 unspecified atom stereocenters. The van der Waals surface area contributed by atoms with Crippen LogP contribution in [0.15, 0.2) is 35.2 Å². The van der Waals surface area contributed by atoms with Crippen LogP contribution in [0.3, 0.4) is 0 Å². The fraction of sp³-hybridized carbons (Fsp3) is 0.565. The zero-order valence-electron chi connectivity index (χ0n) is 18.2. The van der Waals surface area contributed by atoms with E-state index in [0.29, 0.717) is 6.61 Å². The van der Waals surface area contributed by atoms with Gasteiger partial charge in [-0.3, -0.25) is 14.6 Å². The number of benzene rings is 1. The Morgan fingerprint density at radius 2 is 2.16 bits per heavy atom. The molecule has 0 saturated carbocycles. The molecule has 1 atom stereocenters. The number of hydrogen-bond donors (Lipinski definition) is 0. The largest absolute Gasteiger partial charge is 0.492 e. The lowest BCUT2D eigenvalue weighted by molar-refractivity contribution is -0.142. The molecule has 0 bridgehead atoms. The van der Waals surface area contributed by atoms with Crippen molar-refractivity contribution in [2.24, 2.45) is 0 Å². The van der Waals surface area contributed by atoms with Crippen molar-refractivity contribution in [1.82, 2.24) is 19.7 Å². The molecular weight excluding hydrogens is 412 g/mol. The van der Waals surface area contributed by atoms with Gasteiger partial charge < -0.3 is 14.4 Å². The third-order valence-corrected chi connectivity index (χ3v) is 6.47. The first-order valence-electron chi connectivity index (χ1n) is 11.1. The summed E-state index contributed by atoms with van der Waals surface area (Å²) in [5, 5.41) is 2.09. The molecule has 0 N–H and O–H groups in total. The summed E-state index contributed by atoms with van der Waals surface area (Å²) in [5.41, 5.74) is 4.22. The number of rotatable bonds is 9. The molecule has 2 aromatic rings. The van der Waals surface area contributed by atoms with Crippen molar-refractivity contribution in [3.63, 3.8) is 0 Å². The molecule has 1 amide bonds. The van der Waals surface area contributed by atoms with Crippen LogP contribution in [0.25, 0.3) is 0 Å². The molecule has 1 aromatic heterocycles. The molecule has 0 aliphatic carbocycles. The van der Waals surface area contributed by atoms with Crippen LogP contribution in [0.2, 0.25) is 0 Å². The summed E-state index contributed by atoms with van der Waals surface area (Å²) in [5.74, 6) is 1.08. The lowest BCUT2D eigenvalue weighted by atomic mass is 10.2. The van der Waals surface area contributed by atoms with Crippen molar-refractivity contribution in [2.75, 3.05) is 53.0 Å². The molecule has 7 nitrogen and oxygen atoms in total. The van der Waals surface area contributed by atoms with Crippen LogP contribution < -0.4 is 4.74 Å². The van der Waals surface area contributed by atoms with E-state index < -0.39 is 0 Å². The van der Waals surface area contributed by atoms with E-state index in [2.05, 4.69) is 45.4 Å². The normalized spacial score (nSPS) is 19.8. The summed E-state index contributed by atoms with van der Waals surface area (Å²) in [7, 11) is 2.11. The van der Waals surface area contributed by atoms with Gasteiger partial charge in [-0.15, -0.1) is 11.3 Å². The van der Waals surface area contributed by atoms with Crippen molar-refractivity contribution in [1.29, 1.82) is 0 Å². The van der Waals surface area contributed by atoms with E-state index in [4.69, 9.17) is 9.47 Å². The van der Waals surface area contributed by atoms with Crippen molar-refractivity contribution in [2.45, 2.75) is 32.0 Å². The minimum atomic E-state index is -0.206. The monoisotopic (exact) mass is 444 g/mol. The average Bonchev–Trinajstić information content (AvgIpc) is 3.48. The number of aromatic nitrogens is 1. The smallest absolute Gasteiger partial charge is 0.251 e. The molecule has 2 aliphatic rings. The maximum atomic E-state index is 12.5. The molecular formula is C23H32N4O3S. The highest BCUT2D eigenvalue weighted by atomic mass is 32.1. The van der Waals surface area contributed by atoms with E-state index in [1.807, 2.05) is 16.5 Å². The molecule has 2 aliphatic heterocycles. The number of hydrogen-bond acceptors (Lipinski definition) is 7. The Kier molecular flexibility index (Phi) is 7.91. The molecule has 168 valence electrons. The minimum absolute atomic E-state index is 0.171. The highest BCUT2D eigenvalue weighted by Crippen LogP contribution is 2.17. The van der Waals surface area contributed by atoms with Gasteiger partial charge in [0, 0.05) is 57.8 Å². The fourth-order valence-corrected chi connectivity index (χ4v) is 4.70. The zero-order valence-corrected chi connectivity index (χ0v) is 19.1. The third-order valence-electron chi connectivity index (χ3n) is 5.83. The third kappa shape index (κ3) is 6.49. The van der Waals surface area contributed by atoms with Crippen LogP contribution in [0.1, 0.15) is 24.1 Å². The average molecular weight is 445 g/mol. The minimum Gasteiger partial charge on any atom is -0.492 e. The quantitative estimate of drug-likeness (QED) is 0.592. The van der Waals surface area contributed by atoms with Crippen molar-refractivity contribution in [3.05, 3.63) is 46.4 Å². The summed E-state index contributed by atoms with van der Waals surface area (Å²) >= 11 is 1.63. The van der Waals surface area contributed by atoms with Gasteiger partial charge in [0.15, 0.2) is 0 Å². The van der Waals surface area contributed by atoms with Gasteiger partial charge >= 0.3 is 0 Å². The topological polar surface area (TPSA) is 58.1 Å². The summed E-state index contributed by atoms with van der Waals surface area (Å²) in [6.45, 7) is 7.28. The number of carbonyl (C=O) groups excluding carboxylic acids is 1. The van der Waals surface area contributed by atoms with E-state index in [1.54, 1.807) is 11.3 Å². The fourth-order valence-electron chi connectivity index (χ4n) is 4.15. The Balaban J connectivity index is 1.16. The number of carbonyl (C=O) groups is 1. The lowest BCUT2D eigenvalue weighted by Gasteiger charge is -2.35. The lowest BCUT2D eigenvalue weighted by Crippen LogP contribution is -2.52. The van der Waals surface area contributed by atoms with Gasteiger partial charge in [0.2, 0.25) is 0 Å². The Morgan fingerprint density at radius 1 is 1.29 bits per heavy atom. The summed E-state index contributed by atoms with van der Waals surface area (Å²) in [6.07, 6.45) is 1.66. The van der Waals surface area contributed by atoms with Gasteiger partial charge in [-0.05, 0) is 37.6 Å². The Labute approximate surface area is 188 Å². The van der Waals surface area contributed by atoms with Crippen LogP contribution in [-0.4, -0.2) is 84.7 Å². The number of ether oxygens (including phenoxy) is 2. The second-order valence-corrected chi connectivity index (χ2v) is 9.04. The van der Waals surface area contributed by atoms with Gasteiger partial charge in [-0.1, -0.05) is 12.1 Å². The Hall–Kier alpha value is -2.00. The zero-order chi connectivity index (χ0) is 21.5. The summed E-state index contributed by atoms with van der Waals surface area (Å²) in [4.78, 5) is 23.4. The van der Waals surface area contributed by atoms with E-state index in [9.17, 15) is 4.79 Å². The summed E-state index contributed by atoms with van der Waals surface area (Å²) < 4.78 is 11.6. The van der Waals surface area contributed by atoms with Gasteiger partial charge in [0.1, 0.15) is 18.5 Å². The molecule has 31 heavy (non-hydrogen) atoms. The predicted octanol–water partition coefficient (Wildman–Crippen LogP) is 2.48. The number of piperazine rings is 1. The molecule has 8 heteroatoms. The Bertz CT molecular complexity index is 818. The Morgan fingerprint density at radius 3 is 2.90 bits per heavy atom.